The topological polar surface area (TPSA) is 50.3 Å². The van der Waals surface area contributed by atoms with Crippen molar-refractivity contribution in [2.24, 2.45) is 0 Å². The van der Waals surface area contributed by atoms with Crippen LogP contribution in [0.5, 0.6) is 0 Å². The summed E-state index contributed by atoms with van der Waals surface area (Å²) in [5, 5.41) is 0.827. The van der Waals surface area contributed by atoms with Crippen molar-refractivity contribution >= 4 is 21.8 Å². The van der Waals surface area contributed by atoms with Crippen molar-refractivity contribution in [3.8, 4) is 0 Å². The minimum atomic E-state index is -3.43. The van der Waals surface area contributed by atoms with Crippen molar-refractivity contribution in [3.05, 3.63) is 53.2 Å². The first-order valence-corrected chi connectivity index (χ1v) is 10.5. The highest BCUT2D eigenvalue weighted by molar-refractivity contribution is 7.98. The van der Waals surface area contributed by atoms with E-state index in [2.05, 4.69) is 37.0 Å². The minimum Gasteiger partial charge on any atom is -0.249 e. The maximum Gasteiger partial charge on any atom is 0.244 e. The summed E-state index contributed by atoms with van der Waals surface area (Å²) in [6.07, 6.45) is 1.46. The largest absolute Gasteiger partial charge is 0.249 e. The fourth-order valence-electron chi connectivity index (χ4n) is 2.63. The van der Waals surface area contributed by atoms with Crippen LogP contribution in [0, 0.1) is 13.8 Å². The average Bonchev–Trinajstić information content (AvgIpc) is 2.53. The molecule has 24 heavy (non-hydrogen) atoms. The number of hydrogen-bond donors (Lipinski definition) is 0. The lowest BCUT2D eigenvalue weighted by atomic mass is 10.1. The summed E-state index contributed by atoms with van der Waals surface area (Å²) in [4.78, 5) is 4.56. The molecule has 0 unspecified atom stereocenters. The van der Waals surface area contributed by atoms with E-state index in [0.717, 1.165) is 10.8 Å². The van der Waals surface area contributed by atoms with Gasteiger partial charge in [-0.1, -0.05) is 43.2 Å². The third-order valence-electron chi connectivity index (χ3n) is 3.72. The second-order valence-electron chi connectivity index (χ2n) is 5.71. The minimum absolute atomic E-state index is 0.252. The number of aromatic nitrogens is 1. The van der Waals surface area contributed by atoms with Gasteiger partial charge >= 0.3 is 0 Å². The number of aryl methyl sites for hydroxylation is 2. The SMILES string of the molecule is CCN(CC)S(=O)(=O)c1ccc(SCc2cc(C)cc(C)c2)nc1. The Morgan fingerprint density at radius 3 is 2.17 bits per heavy atom. The molecular weight excluding hydrogens is 340 g/mol. The standard InChI is InChI=1S/C18H24N2O2S2/c1-5-20(6-2)24(21,22)17-7-8-18(19-12-17)23-13-16-10-14(3)9-15(4)11-16/h7-12H,5-6,13H2,1-4H3. The third-order valence-corrected chi connectivity index (χ3v) is 6.77. The van der Waals surface area contributed by atoms with Gasteiger partial charge in [-0.2, -0.15) is 4.31 Å². The molecule has 0 atom stereocenters. The molecule has 0 amide bonds. The highest BCUT2D eigenvalue weighted by Gasteiger charge is 2.21. The normalized spacial score (nSPS) is 11.9. The lowest BCUT2D eigenvalue weighted by molar-refractivity contribution is 0.445. The van der Waals surface area contributed by atoms with Crippen molar-refractivity contribution in [1.82, 2.24) is 9.29 Å². The van der Waals surface area contributed by atoms with Gasteiger partial charge in [0.05, 0.1) is 5.03 Å². The molecular formula is C18H24N2O2S2. The van der Waals surface area contributed by atoms with Gasteiger partial charge in [-0.3, -0.25) is 0 Å². The molecule has 2 aromatic rings. The molecule has 0 radical (unpaired) electrons. The molecule has 1 aromatic carbocycles. The Balaban J connectivity index is 2.09. The molecule has 0 fully saturated rings. The Kier molecular flexibility index (Phi) is 6.43. The van der Waals surface area contributed by atoms with Crippen LogP contribution in [0.3, 0.4) is 0 Å². The van der Waals surface area contributed by atoms with Gasteiger partial charge in [0.15, 0.2) is 0 Å². The van der Waals surface area contributed by atoms with Gasteiger partial charge in [-0.15, -0.1) is 11.8 Å². The molecule has 1 heterocycles. The van der Waals surface area contributed by atoms with Gasteiger partial charge in [-0.05, 0) is 31.5 Å². The van der Waals surface area contributed by atoms with Crippen molar-refractivity contribution in [2.75, 3.05) is 13.1 Å². The Bertz CT molecular complexity index is 763. The molecule has 1 aromatic heterocycles. The van der Waals surface area contributed by atoms with Gasteiger partial charge in [0.1, 0.15) is 4.90 Å². The fraction of sp³-hybridized carbons (Fsp3) is 0.389. The van der Waals surface area contributed by atoms with Gasteiger partial charge in [0.2, 0.25) is 10.0 Å². The zero-order valence-electron chi connectivity index (χ0n) is 14.6. The van der Waals surface area contributed by atoms with E-state index in [0.29, 0.717) is 13.1 Å². The van der Waals surface area contributed by atoms with Crippen LogP contribution in [-0.4, -0.2) is 30.8 Å². The van der Waals surface area contributed by atoms with Crippen LogP contribution in [0.1, 0.15) is 30.5 Å². The van der Waals surface area contributed by atoms with Crippen LogP contribution in [0.2, 0.25) is 0 Å². The summed E-state index contributed by atoms with van der Waals surface area (Å²) in [6.45, 7) is 8.77. The van der Waals surface area contributed by atoms with Crippen molar-refractivity contribution < 1.29 is 8.42 Å². The molecule has 0 aliphatic heterocycles. The number of thioether (sulfide) groups is 1. The predicted octanol–water partition coefficient (Wildman–Crippen LogP) is 4.02. The summed E-state index contributed by atoms with van der Waals surface area (Å²) in [7, 11) is -3.43. The molecule has 0 N–H and O–H groups in total. The van der Waals surface area contributed by atoms with E-state index in [4.69, 9.17) is 0 Å². The molecule has 0 aliphatic carbocycles. The monoisotopic (exact) mass is 364 g/mol. The van der Waals surface area contributed by atoms with E-state index in [1.807, 2.05) is 13.8 Å². The Labute approximate surface area is 149 Å². The van der Waals surface area contributed by atoms with E-state index >= 15 is 0 Å². The Hall–Kier alpha value is -1.37. The molecule has 4 nitrogen and oxygen atoms in total. The first-order valence-electron chi connectivity index (χ1n) is 8.03. The molecule has 0 saturated carbocycles. The van der Waals surface area contributed by atoms with Gasteiger partial charge in [0, 0.05) is 25.0 Å². The van der Waals surface area contributed by atoms with E-state index in [1.54, 1.807) is 23.9 Å². The number of hydrogen-bond acceptors (Lipinski definition) is 4. The quantitative estimate of drug-likeness (QED) is 0.696. The molecule has 0 spiro atoms. The van der Waals surface area contributed by atoms with E-state index in [1.165, 1.54) is 27.2 Å². The van der Waals surface area contributed by atoms with Crippen molar-refractivity contribution in [2.45, 2.75) is 43.4 Å². The molecule has 130 valence electrons. The lowest BCUT2D eigenvalue weighted by Crippen LogP contribution is -2.30. The maximum absolute atomic E-state index is 12.4. The van der Waals surface area contributed by atoms with Crippen molar-refractivity contribution in [1.29, 1.82) is 0 Å². The van der Waals surface area contributed by atoms with E-state index in [-0.39, 0.29) is 4.90 Å². The zero-order chi connectivity index (χ0) is 17.7. The molecule has 0 bridgehead atoms. The summed E-state index contributed by atoms with van der Waals surface area (Å²) in [5.41, 5.74) is 3.75. The highest BCUT2D eigenvalue weighted by Crippen LogP contribution is 2.24. The number of rotatable bonds is 7. The Morgan fingerprint density at radius 1 is 1.04 bits per heavy atom. The summed E-state index contributed by atoms with van der Waals surface area (Å²) in [6, 6.07) is 9.91. The first kappa shape index (κ1) is 19.0. The number of nitrogens with zero attached hydrogens (tertiary/aromatic N) is 2. The van der Waals surface area contributed by atoms with E-state index in [9.17, 15) is 8.42 Å². The van der Waals surface area contributed by atoms with Crippen LogP contribution < -0.4 is 0 Å². The summed E-state index contributed by atoms with van der Waals surface area (Å²) >= 11 is 1.61. The Morgan fingerprint density at radius 2 is 1.67 bits per heavy atom. The summed E-state index contributed by atoms with van der Waals surface area (Å²) < 4.78 is 26.3. The number of sulfonamides is 1. The van der Waals surface area contributed by atoms with Crippen LogP contribution in [0.4, 0.5) is 0 Å². The van der Waals surface area contributed by atoms with Gasteiger partial charge in [-0.25, -0.2) is 13.4 Å². The van der Waals surface area contributed by atoms with E-state index < -0.39 is 10.0 Å². The molecule has 0 aliphatic rings. The second kappa shape index (κ2) is 8.14. The predicted molar refractivity (Wildman–Crippen MR) is 99.8 cm³/mol. The average molecular weight is 365 g/mol. The first-order chi connectivity index (χ1) is 11.4. The highest BCUT2D eigenvalue weighted by atomic mass is 32.2. The molecule has 0 saturated heterocycles. The molecule has 6 heteroatoms. The van der Waals surface area contributed by atoms with Crippen LogP contribution in [0.25, 0.3) is 0 Å². The van der Waals surface area contributed by atoms with Gasteiger partial charge in [0.25, 0.3) is 0 Å². The lowest BCUT2D eigenvalue weighted by Gasteiger charge is -2.18. The maximum atomic E-state index is 12.4. The smallest absolute Gasteiger partial charge is 0.244 e. The number of pyridine rings is 1. The fourth-order valence-corrected chi connectivity index (χ4v) is 4.80. The summed E-state index contributed by atoms with van der Waals surface area (Å²) in [5.74, 6) is 0.817. The number of benzene rings is 1. The zero-order valence-corrected chi connectivity index (χ0v) is 16.2. The van der Waals surface area contributed by atoms with Crippen LogP contribution in [-0.2, 0) is 15.8 Å². The van der Waals surface area contributed by atoms with Crippen LogP contribution >= 0.6 is 11.8 Å². The van der Waals surface area contributed by atoms with Gasteiger partial charge < -0.3 is 0 Å². The molecule has 2 rings (SSSR count). The second-order valence-corrected chi connectivity index (χ2v) is 8.64. The van der Waals surface area contributed by atoms with Crippen molar-refractivity contribution in [3.63, 3.8) is 0 Å². The van der Waals surface area contributed by atoms with Crippen LogP contribution in [0.15, 0.2) is 46.5 Å². The third kappa shape index (κ3) is 4.59.